The monoisotopic (exact) mass is 1730 g/mol. The molecule has 0 unspecified atom stereocenters. The fraction of sp³-hybridized carbons (Fsp3) is 0.689. The van der Waals surface area contributed by atoms with E-state index >= 15 is 0 Å². The Labute approximate surface area is 700 Å². The van der Waals surface area contributed by atoms with Gasteiger partial charge < -0.3 is 126 Å². The van der Waals surface area contributed by atoms with Crippen LogP contribution in [0.25, 0.3) is 0 Å². The maximum Gasteiger partial charge on any atom is 0.305 e. The molecular formula is C74H126N20O21S3. The highest BCUT2D eigenvalue weighted by atomic mass is 33.1. The SMILES string of the molecule is CC(N)=O.CCOCC(=O)NCCOCCOCCOCCNC(=O)[C@@H]1CSCC(=O)N[C@@H](CCCCNC(=O)CCCC(=O)NCCC(CCNC(C)(C)/C(C)=N\O)CCNC(C)(C)/C(C)=N\O)C(=O)N[C@H]2CSSC[C@H](NC(=O)[C@H](CC(=O)O)NC(=O)CNC(=O)[C@H](CCCN=C(N)N)NC2=O)C(=O)N[C@@H](Cc2ccccc2)C(=O)N1. The summed E-state index contributed by atoms with van der Waals surface area (Å²) >= 11 is 0.896. The van der Waals surface area contributed by atoms with Crippen molar-refractivity contribution in [3.8, 4) is 0 Å². The van der Waals surface area contributed by atoms with Gasteiger partial charge in [-0.25, -0.2) is 0 Å². The third-order valence-electron chi connectivity index (χ3n) is 18.1. The van der Waals surface area contributed by atoms with Crippen molar-refractivity contribution in [3.05, 3.63) is 35.9 Å². The van der Waals surface area contributed by atoms with Crippen LogP contribution in [0, 0.1) is 5.92 Å². The number of hydrogen-bond acceptors (Lipinski definition) is 28. The minimum atomic E-state index is -1.84. The van der Waals surface area contributed by atoms with Gasteiger partial charge in [-0.15, -0.1) is 11.8 Å². The first kappa shape index (κ1) is 105. The first-order valence-electron chi connectivity index (χ1n) is 39.2. The van der Waals surface area contributed by atoms with E-state index in [1.165, 1.54) is 6.92 Å². The lowest BCUT2D eigenvalue weighted by molar-refractivity contribution is -0.141. The summed E-state index contributed by atoms with van der Waals surface area (Å²) < 4.78 is 21.8. The largest absolute Gasteiger partial charge is 0.481 e. The van der Waals surface area contributed by atoms with Gasteiger partial charge in [0, 0.05) is 82.8 Å². The Balaban J connectivity index is 0.0000115. The Morgan fingerprint density at radius 2 is 1.03 bits per heavy atom. The molecule has 0 aliphatic carbocycles. The van der Waals surface area contributed by atoms with E-state index in [9.17, 15) is 82.6 Å². The lowest BCUT2D eigenvalue weighted by atomic mass is 9.94. The number of unbranched alkanes of at least 4 members (excludes halogenated alkanes) is 1. The standard InChI is InChI=1S/C72H121N19O20S3.C2H5NO/c1-8-108-41-60(95)77-30-32-109-34-36-111-37-35-110-33-31-78-64(100)54-42-112-45-61(96)83-51(18-12-13-25-75-57(92)20-14-21-58(93)76-27-22-48(23-28-81-71(4,5)46(2)90-106)24-29-82-72(6,7)47(3)91-107)65(101)88-55-43-113-114-44-56(69(105)86-52(66(102)87-54)38-49-16-10-9-11-17-49)89-67(103)53(39-62(97)98)84-59(94)40-80-63(99)50(85-68(55)104)19-15-26-79-70(73)74;1-2(3)4/h9-11,16-17,48,50-56,81-82,106-107H,8,12-15,18-45H2,1-7H3,(H,75,92)(H,76,93)(H,77,95)(H,78,100)(H,80,99)(H,83,96)(H,84,94)(H,85,104)(H,86,105)(H,87,102)(H,88,101)(H,89,103)(H,97,98)(H4,73,74,79);1H3,(H2,3,4)/b90-46-,91-47-;/t50-,51-,52-,53-,54-,55-,56-;/m0./s1. The molecule has 41 nitrogen and oxygen atoms in total. The molecule has 2 fully saturated rings. The zero-order valence-electron chi connectivity index (χ0n) is 68.8. The molecular weight excluding hydrogens is 1600 g/mol. The Bertz CT molecular complexity index is 3380. The number of hydrogen-bond donors (Lipinski definition) is 20. The first-order valence-corrected chi connectivity index (χ1v) is 42.8. The van der Waals surface area contributed by atoms with Gasteiger partial charge in [-0.05, 0) is 131 Å². The van der Waals surface area contributed by atoms with E-state index in [1.54, 1.807) is 51.1 Å². The summed E-state index contributed by atoms with van der Waals surface area (Å²) in [6.45, 7) is 16.6. The van der Waals surface area contributed by atoms with Crippen LogP contribution in [-0.2, 0) is 92.5 Å². The molecule has 2 heterocycles. The highest BCUT2D eigenvalue weighted by Crippen LogP contribution is 2.25. The summed E-state index contributed by atoms with van der Waals surface area (Å²) in [7, 11) is 1.82. The summed E-state index contributed by atoms with van der Waals surface area (Å²) in [6.07, 6.45) is 1.63. The summed E-state index contributed by atoms with van der Waals surface area (Å²) in [5.41, 5.74) is 16.0. The molecule has 2 bridgehead atoms. The van der Waals surface area contributed by atoms with Gasteiger partial charge >= 0.3 is 5.97 Å². The predicted octanol–water partition coefficient (Wildman–Crippen LogP) is -2.98. The van der Waals surface area contributed by atoms with Crippen LogP contribution in [-0.4, -0.2) is 297 Å². The number of guanidine groups is 1. The zero-order valence-corrected chi connectivity index (χ0v) is 71.3. The lowest BCUT2D eigenvalue weighted by Gasteiger charge is -2.28. The third-order valence-corrected chi connectivity index (χ3v) is 21.6. The molecule has 23 N–H and O–H groups in total. The number of thioether (sulfide) groups is 1. The Kier molecular flexibility index (Phi) is 53.6. The Hall–Kier alpha value is -9.18. The second-order valence-electron chi connectivity index (χ2n) is 28.6. The number of fused-ring (bicyclic) bond motifs is 5. The number of nitrogens with one attached hydrogen (secondary N) is 14. The molecule has 0 saturated carbocycles. The van der Waals surface area contributed by atoms with Crippen molar-refractivity contribution in [1.82, 2.24) is 74.4 Å². The quantitative estimate of drug-likeness (QED) is 0.00773. The molecule has 13 amide bonds. The number of carbonyl (C=O) groups excluding carboxylic acids is 13. The second kappa shape index (κ2) is 60.3. The average Bonchev–Trinajstić information content (AvgIpc) is 1.18. The average molecular weight is 1730 g/mol. The van der Waals surface area contributed by atoms with Crippen LogP contribution in [0.15, 0.2) is 45.6 Å². The number of aliphatic imine (C=N–C) groups is 1. The van der Waals surface area contributed by atoms with Gasteiger partial charge in [-0.1, -0.05) is 62.2 Å². The molecule has 2 aliphatic heterocycles. The number of ether oxygens (including phenoxy) is 4. The summed E-state index contributed by atoms with van der Waals surface area (Å²) in [5.74, 6) is -12.4. The fourth-order valence-corrected chi connectivity index (χ4v) is 14.1. The van der Waals surface area contributed by atoms with E-state index in [4.69, 9.17) is 30.4 Å². The van der Waals surface area contributed by atoms with Crippen molar-refractivity contribution in [2.45, 2.75) is 192 Å². The topological polar surface area (TPSA) is 620 Å². The van der Waals surface area contributed by atoms with Gasteiger partial charge in [-0.3, -0.25) is 72.1 Å². The minimum absolute atomic E-state index is 0.00686. The number of carboxylic acids is 1. The number of nitrogens with two attached hydrogens (primary N) is 3. The number of oxime groups is 2. The van der Waals surface area contributed by atoms with Crippen molar-refractivity contribution in [3.63, 3.8) is 0 Å². The summed E-state index contributed by atoms with van der Waals surface area (Å²) in [5, 5.41) is 74.0. The van der Waals surface area contributed by atoms with Gasteiger partial charge in [0.15, 0.2) is 5.96 Å². The van der Waals surface area contributed by atoms with Crippen LogP contribution < -0.4 is 91.6 Å². The molecule has 118 heavy (non-hydrogen) atoms. The molecule has 0 aromatic heterocycles. The molecule has 2 saturated heterocycles. The number of rotatable bonds is 46. The normalized spacial score (nSPS) is 19.4. The van der Waals surface area contributed by atoms with Gasteiger partial charge in [0.05, 0.1) is 80.9 Å². The van der Waals surface area contributed by atoms with Crippen molar-refractivity contribution in [1.29, 1.82) is 0 Å². The highest BCUT2D eigenvalue weighted by molar-refractivity contribution is 8.76. The van der Waals surface area contributed by atoms with Crippen molar-refractivity contribution < 1.29 is 102 Å². The number of primary amides is 1. The maximum absolute atomic E-state index is 14.7. The molecule has 44 heteroatoms. The molecule has 2 aliphatic rings. The number of benzene rings is 1. The molecule has 1 aromatic carbocycles. The molecule has 1 aromatic rings. The van der Waals surface area contributed by atoms with Crippen LogP contribution >= 0.6 is 33.3 Å². The van der Waals surface area contributed by atoms with E-state index in [0.29, 0.717) is 49.6 Å². The maximum atomic E-state index is 14.7. The predicted molar refractivity (Wildman–Crippen MR) is 446 cm³/mol. The van der Waals surface area contributed by atoms with Crippen LogP contribution in [0.3, 0.4) is 0 Å². The van der Waals surface area contributed by atoms with E-state index in [1.807, 2.05) is 27.7 Å². The fourth-order valence-electron chi connectivity index (χ4n) is 10.9. The number of amides is 13. The molecule has 0 radical (unpaired) electrons. The smallest absolute Gasteiger partial charge is 0.305 e. The van der Waals surface area contributed by atoms with Gasteiger partial charge in [0.1, 0.15) is 48.9 Å². The lowest BCUT2D eigenvalue weighted by Crippen LogP contribution is -2.60. The number of aliphatic carboxylic acids is 1. The molecule has 0 spiro atoms. The van der Waals surface area contributed by atoms with Crippen LogP contribution in [0.4, 0.5) is 0 Å². The first-order chi connectivity index (χ1) is 56.1. The highest BCUT2D eigenvalue weighted by Gasteiger charge is 2.36. The van der Waals surface area contributed by atoms with E-state index in [2.05, 4.69) is 95.5 Å². The van der Waals surface area contributed by atoms with Crippen LogP contribution in [0.1, 0.15) is 138 Å². The second-order valence-corrected chi connectivity index (χ2v) is 32.1. The molecule has 7 atom stereocenters. The molecule has 3 rings (SSSR count). The van der Waals surface area contributed by atoms with Gasteiger partial charge in [-0.2, -0.15) is 0 Å². The van der Waals surface area contributed by atoms with E-state index in [0.717, 1.165) is 46.2 Å². The third kappa shape index (κ3) is 48.0. The van der Waals surface area contributed by atoms with E-state index in [-0.39, 0.29) is 183 Å². The summed E-state index contributed by atoms with van der Waals surface area (Å²) in [6, 6.07) is -2.25. The number of nitrogens with zero attached hydrogens (tertiary/aromatic N) is 3. The Morgan fingerprint density at radius 3 is 1.58 bits per heavy atom. The minimum Gasteiger partial charge on any atom is -0.481 e. The number of carbonyl (C=O) groups is 14. The van der Waals surface area contributed by atoms with Crippen molar-refractivity contribution in [2.75, 3.05) is 128 Å². The van der Waals surface area contributed by atoms with Crippen LogP contribution in [0.5, 0.6) is 0 Å². The number of carboxylic acid groups (broad SMARTS) is 1. The van der Waals surface area contributed by atoms with Crippen LogP contribution in [0.2, 0.25) is 0 Å². The Morgan fingerprint density at radius 1 is 0.542 bits per heavy atom. The van der Waals surface area contributed by atoms with Gasteiger partial charge in [0.2, 0.25) is 76.8 Å². The van der Waals surface area contributed by atoms with Gasteiger partial charge in [0.25, 0.3) is 0 Å². The zero-order chi connectivity index (χ0) is 87.9. The molecule has 666 valence electrons. The van der Waals surface area contributed by atoms with Crippen molar-refractivity contribution >= 4 is 133 Å². The van der Waals surface area contributed by atoms with Crippen molar-refractivity contribution in [2.24, 2.45) is 38.4 Å². The van der Waals surface area contributed by atoms with E-state index < -0.39 is 131 Å². The summed E-state index contributed by atoms with van der Waals surface area (Å²) in [4.78, 5) is 192.